The van der Waals surface area contributed by atoms with Crippen molar-refractivity contribution in [2.45, 2.75) is 37.4 Å². The van der Waals surface area contributed by atoms with Gasteiger partial charge in [0.1, 0.15) is 0 Å². The van der Waals surface area contributed by atoms with Gasteiger partial charge in [0.25, 0.3) is 10.0 Å². The van der Waals surface area contributed by atoms with Crippen LogP contribution in [0.2, 0.25) is 0 Å². The Bertz CT molecular complexity index is 457. The van der Waals surface area contributed by atoms with E-state index in [2.05, 4.69) is 10.2 Å². The molecule has 2 heterocycles. The smallest absolute Gasteiger partial charge is 0.260 e. The van der Waals surface area contributed by atoms with Crippen LogP contribution in [0, 0.1) is 0 Å². The molecule has 2 unspecified atom stereocenters. The van der Waals surface area contributed by atoms with Crippen molar-refractivity contribution in [1.82, 2.24) is 14.5 Å². The normalized spacial score (nSPS) is 27.2. The fourth-order valence-electron chi connectivity index (χ4n) is 1.94. The zero-order chi connectivity index (χ0) is 12.5. The van der Waals surface area contributed by atoms with Crippen molar-refractivity contribution < 1.29 is 13.2 Å². The summed E-state index contributed by atoms with van der Waals surface area (Å²) >= 11 is 0. The van der Waals surface area contributed by atoms with Crippen LogP contribution >= 0.6 is 0 Å². The highest BCUT2D eigenvalue weighted by Crippen LogP contribution is 2.22. The molecule has 0 amide bonds. The third-order valence-electron chi connectivity index (χ3n) is 2.95. The molecule has 1 fully saturated rings. The lowest BCUT2D eigenvalue weighted by atomic mass is 10.2. The molecule has 0 spiro atoms. The molecule has 17 heavy (non-hydrogen) atoms. The zero-order valence-electron chi connectivity index (χ0n) is 9.96. The maximum absolute atomic E-state index is 12.4. The van der Waals surface area contributed by atoms with Gasteiger partial charge in [0.2, 0.25) is 0 Å². The summed E-state index contributed by atoms with van der Waals surface area (Å²) in [6.07, 6.45) is 2.10. The lowest BCUT2D eigenvalue weighted by molar-refractivity contribution is -0.0231. The van der Waals surface area contributed by atoms with Gasteiger partial charge in [0, 0.05) is 12.6 Å². The number of aromatic nitrogens is 2. The number of H-pyrrole nitrogens is 1. The maximum atomic E-state index is 12.4. The monoisotopic (exact) mass is 259 g/mol. The summed E-state index contributed by atoms with van der Waals surface area (Å²) in [7, 11) is -3.48. The first-order valence-corrected chi connectivity index (χ1v) is 7.12. The van der Waals surface area contributed by atoms with E-state index in [0.717, 1.165) is 6.42 Å². The fourth-order valence-corrected chi connectivity index (χ4v) is 3.60. The second kappa shape index (κ2) is 4.75. The summed E-state index contributed by atoms with van der Waals surface area (Å²) in [4.78, 5) is 0. The van der Waals surface area contributed by atoms with Gasteiger partial charge in [-0.15, -0.1) is 0 Å². The second-order valence-corrected chi connectivity index (χ2v) is 6.06. The highest BCUT2D eigenvalue weighted by Gasteiger charge is 2.36. The summed E-state index contributed by atoms with van der Waals surface area (Å²) in [6, 6.07) is 1.38. The van der Waals surface area contributed by atoms with Gasteiger partial charge in [0.05, 0.1) is 18.9 Å². The van der Waals surface area contributed by atoms with Crippen molar-refractivity contribution in [1.29, 1.82) is 0 Å². The summed E-state index contributed by atoms with van der Waals surface area (Å²) in [6.45, 7) is 4.67. The van der Waals surface area contributed by atoms with Crippen molar-refractivity contribution in [3.05, 3.63) is 12.3 Å². The molecule has 1 N–H and O–H groups in total. The molecule has 1 aromatic rings. The van der Waals surface area contributed by atoms with E-state index in [4.69, 9.17) is 4.74 Å². The molecular weight excluding hydrogens is 242 g/mol. The molecule has 1 aliphatic rings. The Morgan fingerprint density at radius 2 is 2.41 bits per heavy atom. The van der Waals surface area contributed by atoms with Gasteiger partial charge in [-0.2, -0.15) is 9.40 Å². The zero-order valence-corrected chi connectivity index (χ0v) is 10.8. The van der Waals surface area contributed by atoms with E-state index < -0.39 is 10.0 Å². The van der Waals surface area contributed by atoms with Crippen molar-refractivity contribution in [2.24, 2.45) is 0 Å². The Balaban J connectivity index is 2.30. The van der Waals surface area contributed by atoms with E-state index in [9.17, 15) is 8.42 Å². The van der Waals surface area contributed by atoms with E-state index >= 15 is 0 Å². The van der Waals surface area contributed by atoms with Crippen LogP contribution in [0.15, 0.2) is 17.3 Å². The van der Waals surface area contributed by atoms with E-state index in [0.29, 0.717) is 13.2 Å². The number of hydrogen-bond acceptors (Lipinski definition) is 4. The molecule has 0 aliphatic carbocycles. The van der Waals surface area contributed by atoms with Gasteiger partial charge < -0.3 is 4.74 Å². The number of aromatic amines is 1. The molecule has 0 bridgehead atoms. The number of nitrogens with zero attached hydrogens (tertiary/aromatic N) is 2. The Labute approximate surface area is 101 Å². The molecule has 1 aliphatic heterocycles. The number of hydrogen-bond donors (Lipinski definition) is 1. The minimum atomic E-state index is -3.48. The minimum Gasteiger partial charge on any atom is -0.375 e. The molecule has 7 heteroatoms. The standard InChI is InChI=1S/C10H17N3O3S/c1-3-9-7-16-8(2)6-13(9)17(14,15)10-4-5-11-12-10/h4-5,8-9H,3,6-7H2,1-2H3,(H,11,12). The maximum Gasteiger partial charge on any atom is 0.260 e. The van der Waals surface area contributed by atoms with Gasteiger partial charge in [-0.1, -0.05) is 6.92 Å². The van der Waals surface area contributed by atoms with Crippen LogP contribution in [0.1, 0.15) is 20.3 Å². The Kier molecular flexibility index (Phi) is 3.50. The summed E-state index contributed by atoms with van der Waals surface area (Å²) in [5.74, 6) is 0. The van der Waals surface area contributed by atoms with Crippen molar-refractivity contribution in [3.63, 3.8) is 0 Å². The number of ether oxygens (including phenoxy) is 1. The highest BCUT2D eigenvalue weighted by atomic mass is 32.2. The molecule has 0 aromatic carbocycles. The quantitative estimate of drug-likeness (QED) is 0.862. The van der Waals surface area contributed by atoms with Gasteiger partial charge >= 0.3 is 0 Å². The third-order valence-corrected chi connectivity index (χ3v) is 4.80. The van der Waals surface area contributed by atoms with Gasteiger partial charge in [-0.05, 0) is 19.4 Å². The first-order valence-electron chi connectivity index (χ1n) is 5.68. The van der Waals surface area contributed by atoms with Crippen LogP contribution in [-0.4, -0.2) is 48.2 Å². The van der Waals surface area contributed by atoms with Crippen LogP contribution in [0.25, 0.3) is 0 Å². The number of rotatable bonds is 3. The summed E-state index contributed by atoms with van der Waals surface area (Å²) < 4.78 is 31.7. The molecule has 1 aromatic heterocycles. The molecular formula is C10H17N3O3S. The van der Waals surface area contributed by atoms with Crippen LogP contribution in [0.5, 0.6) is 0 Å². The van der Waals surface area contributed by atoms with Crippen LogP contribution in [0.4, 0.5) is 0 Å². The second-order valence-electron chi connectivity index (χ2n) is 4.20. The predicted octanol–water partition coefficient (Wildman–Crippen LogP) is 0.598. The van der Waals surface area contributed by atoms with E-state index in [1.165, 1.54) is 16.6 Å². The topological polar surface area (TPSA) is 75.3 Å². The summed E-state index contributed by atoms with van der Waals surface area (Å²) in [5.41, 5.74) is 0. The van der Waals surface area contributed by atoms with Gasteiger partial charge in [-0.25, -0.2) is 8.42 Å². The van der Waals surface area contributed by atoms with Crippen molar-refractivity contribution >= 4 is 10.0 Å². The molecule has 2 atom stereocenters. The fraction of sp³-hybridized carbons (Fsp3) is 0.700. The lowest BCUT2D eigenvalue weighted by Gasteiger charge is -2.36. The number of sulfonamides is 1. The minimum absolute atomic E-state index is 0.0736. The molecule has 96 valence electrons. The first-order chi connectivity index (χ1) is 8.05. The Hall–Kier alpha value is -0.920. The lowest BCUT2D eigenvalue weighted by Crippen LogP contribution is -2.51. The molecule has 2 rings (SSSR count). The van der Waals surface area contributed by atoms with Crippen LogP contribution < -0.4 is 0 Å². The molecule has 6 nitrogen and oxygen atoms in total. The average Bonchev–Trinajstić information content (AvgIpc) is 2.83. The number of nitrogens with one attached hydrogen (secondary N) is 1. The van der Waals surface area contributed by atoms with Crippen LogP contribution in [-0.2, 0) is 14.8 Å². The largest absolute Gasteiger partial charge is 0.375 e. The molecule has 1 saturated heterocycles. The molecule has 0 radical (unpaired) electrons. The first kappa shape index (κ1) is 12.5. The highest BCUT2D eigenvalue weighted by molar-refractivity contribution is 7.89. The van der Waals surface area contributed by atoms with Gasteiger partial charge in [-0.3, -0.25) is 5.10 Å². The van der Waals surface area contributed by atoms with Gasteiger partial charge in [0.15, 0.2) is 5.03 Å². The van der Waals surface area contributed by atoms with E-state index in [1.54, 1.807) is 0 Å². The average molecular weight is 259 g/mol. The van der Waals surface area contributed by atoms with E-state index in [1.807, 2.05) is 13.8 Å². The molecule has 0 saturated carbocycles. The SMILES string of the molecule is CCC1COC(C)CN1S(=O)(=O)c1ccn[nH]1. The Morgan fingerprint density at radius 1 is 1.65 bits per heavy atom. The predicted molar refractivity (Wildman–Crippen MR) is 62.0 cm³/mol. The summed E-state index contributed by atoms with van der Waals surface area (Å²) in [5, 5.41) is 6.35. The Morgan fingerprint density at radius 3 is 3.00 bits per heavy atom. The van der Waals surface area contributed by atoms with Crippen molar-refractivity contribution in [3.8, 4) is 0 Å². The third kappa shape index (κ3) is 2.36. The number of morpholine rings is 1. The van der Waals surface area contributed by atoms with Crippen LogP contribution in [0.3, 0.4) is 0 Å². The van der Waals surface area contributed by atoms with E-state index in [-0.39, 0.29) is 17.2 Å². The van der Waals surface area contributed by atoms with Crippen molar-refractivity contribution in [2.75, 3.05) is 13.2 Å².